The van der Waals surface area contributed by atoms with Gasteiger partial charge in [0.15, 0.2) is 0 Å². The molecule has 2 saturated carbocycles. The fourth-order valence-electron chi connectivity index (χ4n) is 3.66. The van der Waals surface area contributed by atoms with Crippen LogP contribution in [0.1, 0.15) is 71.1 Å². The van der Waals surface area contributed by atoms with Crippen molar-refractivity contribution < 1.29 is 9.53 Å². The summed E-state index contributed by atoms with van der Waals surface area (Å²) in [5.74, 6) is 0.501. The molecule has 0 saturated heterocycles. The van der Waals surface area contributed by atoms with Crippen LogP contribution in [0.2, 0.25) is 0 Å². The van der Waals surface area contributed by atoms with Crippen molar-refractivity contribution in [3.05, 3.63) is 0 Å². The lowest BCUT2D eigenvalue weighted by atomic mass is 9.84. The van der Waals surface area contributed by atoms with E-state index in [4.69, 9.17) is 10.5 Å². The van der Waals surface area contributed by atoms with E-state index < -0.39 is 0 Å². The third-order valence-electron chi connectivity index (χ3n) is 5.00. The standard InChI is InChI=1S/C16H29NO2/c1-2-12-8-6-7-11-15(12)19-16(18)13-9-4-3-5-10-14(13)17/h12-15H,2-11,17H2,1H3. The smallest absolute Gasteiger partial charge is 0.310 e. The molecule has 4 unspecified atom stereocenters. The molecule has 0 bridgehead atoms. The molecule has 0 amide bonds. The molecule has 0 aromatic heterocycles. The first-order valence-corrected chi connectivity index (χ1v) is 8.18. The average Bonchev–Trinajstić information content (AvgIpc) is 2.64. The molecular formula is C16H29NO2. The summed E-state index contributed by atoms with van der Waals surface area (Å²) in [5, 5.41) is 0. The summed E-state index contributed by atoms with van der Waals surface area (Å²) in [6, 6.07) is 0.0127. The van der Waals surface area contributed by atoms with E-state index in [2.05, 4.69) is 6.92 Å². The van der Waals surface area contributed by atoms with E-state index in [1.807, 2.05) is 0 Å². The van der Waals surface area contributed by atoms with Crippen molar-refractivity contribution in [1.29, 1.82) is 0 Å². The van der Waals surface area contributed by atoms with Gasteiger partial charge in [-0.3, -0.25) is 4.79 Å². The molecule has 110 valence electrons. The Morgan fingerprint density at radius 3 is 2.53 bits per heavy atom. The van der Waals surface area contributed by atoms with Crippen molar-refractivity contribution in [3.63, 3.8) is 0 Å². The quantitative estimate of drug-likeness (QED) is 0.630. The van der Waals surface area contributed by atoms with Gasteiger partial charge in [-0.1, -0.05) is 32.6 Å². The molecule has 0 heterocycles. The van der Waals surface area contributed by atoms with E-state index in [-0.39, 0.29) is 24.0 Å². The number of carbonyl (C=O) groups excluding carboxylic acids is 1. The van der Waals surface area contributed by atoms with Crippen molar-refractivity contribution in [2.75, 3.05) is 0 Å². The van der Waals surface area contributed by atoms with Gasteiger partial charge in [-0.05, 0) is 44.4 Å². The fourth-order valence-corrected chi connectivity index (χ4v) is 3.66. The molecular weight excluding hydrogens is 238 g/mol. The van der Waals surface area contributed by atoms with E-state index in [0.717, 1.165) is 38.5 Å². The molecule has 2 aliphatic carbocycles. The van der Waals surface area contributed by atoms with Crippen LogP contribution in [0.3, 0.4) is 0 Å². The molecule has 19 heavy (non-hydrogen) atoms. The van der Waals surface area contributed by atoms with E-state index in [0.29, 0.717) is 5.92 Å². The largest absolute Gasteiger partial charge is 0.462 e. The minimum atomic E-state index is -0.0538. The molecule has 0 spiro atoms. The van der Waals surface area contributed by atoms with E-state index >= 15 is 0 Å². The minimum Gasteiger partial charge on any atom is -0.462 e. The molecule has 0 aromatic carbocycles. The molecule has 2 aliphatic rings. The van der Waals surface area contributed by atoms with Gasteiger partial charge in [0.1, 0.15) is 6.10 Å². The SMILES string of the molecule is CCC1CCCCC1OC(=O)C1CCCCCC1N. The van der Waals surface area contributed by atoms with Crippen LogP contribution >= 0.6 is 0 Å². The maximum Gasteiger partial charge on any atom is 0.310 e. The van der Waals surface area contributed by atoms with Crippen molar-refractivity contribution in [1.82, 2.24) is 0 Å². The molecule has 0 radical (unpaired) electrons. The second-order valence-corrected chi connectivity index (χ2v) is 6.34. The van der Waals surface area contributed by atoms with Gasteiger partial charge < -0.3 is 10.5 Å². The van der Waals surface area contributed by atoms with Gasteiger partial charge in [0, 0.05) is 6.04 Å². The van der Waals surface area contributed by atoms with Crippen molar-refractivity contribution in [2.24, 2.45) is 17.6 Å². The van der Waals surface area contributed by atoms with Crippen LogP contribution in [0.4, 0.5) is 0 Å². The zero-order valence-corrected chi connectivity index (χ0v) is 12.3. The van der Waals surface area contributed by atoms with E-state index in [1.54, 1.807) is 0 Å². The lowest BCUT2D eigenvalue weighted by molar-refractivity contribution is -0.159. The molecule has 3 heteroatoms. The molecule has 2 N–H and O–H groups in total. The highest BCUT2D eigenvalue weighted by Gasteiger charge is 2.33. The summed E-state index contributed by atoms with van der Waals surface area (Å²) in [7, 11) is 0. The van der Waals surface area contributed by atoms with Gasteiger partial charge in [-0.25, -0.2) is 0 Å². The first kappa shape index (κ1) is 14.8. The number of nitrogens with two attached hydrogens (primary N) is 1. The predicted molar refractivity (Wildman–Crippen MR) is 76.7 cm³/mol. The Hall–Kier alpha value is -0.570. The average molecular weight is 267 g/mol. The number of rotatable bonds is 3. The molecule has 2 fully saturated rings. The van der Waals surface area contributed by atoms with Crippen molar-refractivity contribution in [3.8, 4) is 0 Å². The summed E-state index contributed by atoms with van der Waals surface area (Å²) >= 11 is 0. The van der Waals surface area contributed by atoms with Crippen LogP contribution in [-0.2, 0) is 9.53 Å². The first-order valence-electron chi connectivity index (χ1n) is 8.18. The molecule has 3 nitrogen and oxygen atoms in total. The monoisotopic (exact) mass is 267 g/mol. The Morgan fingerprint density at radius 2 is 1.74 bits per heavy atom. The van der Waals surface area contributed by atoms with Crippen LogP contribution in [0.5, 0.6) is 0 Å². The second kappa shape index (κ2) is 7.28. The van der Waals surface area contributed by atoms with E-state index in [9.17, 15) is 4.79 Å². The Bertz CT molecular complexity index is 292. The Balaban J connectivity index is 1.91. The van der Waals surface area contributed by atoms with Gasteiger partial charge in [-0.2, -0.15) is 0 Å². The Kier molecular flexibility index (Phi) is 5.68. The zero-order chi connectivity index (χ0) is 13.7. The highest BCUT2D eigenvalue weighted by molar-refractivity contribution is 5.73. The fraction of sp³-hybridized carbons (Fsp3) is 0.938. The number of esters is 1. The number of hydrogen-bond donors (Lipinski definition) is 1. The van der Waals surface area contributed by atoms with Crippen LogP contribution < -0.4 is 5.73 Å². The highest BCUT2D eigenvalue weighted by Crippen LogP contribution is 2.31. The highest BCUT2D eigenvalue weighted by atomic mass is 16.5. The Labute approximate surface area is 117 Å². The molecule has 0 aromatic rings. The van der Waals surface area contributed by atoms with Gasteiger partial charge in [-0.15, -0.1) is 0 Å². The molecule has 4 atom stereocenters. The lowest BCUT2D eigenvalue weighted by Gasteiger charge is -2.32. The minimum absolute atomic E-state index is 0.0127. The van der Waals surface area contributed by atoms with Crippen molar-refractivity contribution in [2.45, 2.75) is 83.3 Å². The third-order valence-corrected chi connectivity index (χ3v) is 5.00. The maximum atomic E-state index is 12.4. The summed E-state index contributed by atoms with van der Waals surface area (Å²) in [6.45, 7) is 2.20. The van der Waals surface area contributed by atoms with Gasteiger partial charge in [0.25, 0.3) is 0 Å². The number of carbonyl (C=O) groups is 1. The summed E-state index contributed by atoms with van der Waals surface area (Å²) in [4.78, 5) is 12.4. The summed E-state index contributed by atoms with van der Waals surface area (Å²) in [6.07, 6.45) is 11.4. The maximum absolute atomic E-state index is 12.4. The number of hydrogen-bond acceptors (Lipinski definition) is 3. The van der Waals surface area contributed by atoms with Crippen LogP contribution in [0.25, 0.3) is 0 Å². The first-order chi connectivity index (χ1) is 9.22. The Morgan fingerprint density at radius 1 is 1.05 bits per heavy atom. The van der Waals surface area contributed by atoms with Crippen molar-refractivity contribution >= 4 is 5.97 Å². The lowest BCUT2D eigenvalue weighted by Crippen LogP contribution is -2.39. The van der Waals surface area contributed by atoms with Gasteiger partial charge in [0.05, 0.1) is 5.92 Å². The third kappa shape index (κ3) is 3.95. The molecule has 0 aliphatic heterocycles. The zero-order valence-electron chi connectivity index (χ0n) is 12.3. The van der Waals surface area contributed by atoms with Gasteiger partial charge >= 0.3 is 5.97 Å². The predicted octanol–water partition coefficient (Wildman–Crippen LogP) is 3.41. The number of ether oxygens (including phenoxy) is 1. The summed E-state index contributed by atoms with van der Waals surface area (Å²) in [5.41, 5.74) is 6.15. The van der Waals surface area contributed by atoms with Crippen LogP contribution in [-0.4, -0.2) is 18.1 Å². The normalized spacial score (nSPS) is 36.5. The van der Waals surface area contributed by atoms with Crippen LogP contribution in [0, 0.1) is 11.8 Å². The molecule has 2 rings (SSSR count). The topological polar surface area (TPSA) is 52.3 Å². The second-order valence-electron chi connectivity index (χ2n) is 6.34. The van der Waals surface area contributed by atoms with Crippen LogP contribution in [0.15, 0.2) is 0 Å². The van der Waals surface area contributed by atoms with E-state index in [1.165, 1.54) is 25.7 Å². The van der Waals surface area contributed by atoms with Gasteiger partial charge in [0.2, 0.25) is 0 Å². The summed E-state index contributed by atoms with van der Waals surface area (Å²) < 4.78 is 5.84.